The zero-order valence-corrected chi connectivity index (χ0v) is 13.9. The predicted octanol–water partition coefficient (Wildman–Crippen LogP) is 4.24. The average Bonchev–Trinajstić information content (AvgIpc) is 2.98. The Labute approximate surface area is 136 Å². The minimum Gasteiger partial charge on any atom is -0.294 e. The van der Waals surface area contributed by atoms with Crippen molar-refractivity contribution in [1.82, 2.24) is 4.90 Å². The van der Waals surface area contributed by atoms with Gasteiger partial charge in [0.25, 0.3) is 0 Å². The van der Waals surface area contributed by atoms with E-state index in [0.29, 0.717) is 0 Å². The first-order chi connectivity index (χ1) is 10.5. The topological polar surface area (TPSA) is 20.3 Å². The molecule has 1 fully saturated rings. The molecule has 0 atom stereocenters. The van der Waals surface area contributed by atoms with Crippen molar-refractivity contribution in [3.63, 3.8) is 0 Å². The fourth-order valence-electron chi connectivity index (χ4n) is 3.04. The van der Waals surface area contributed by atoms with Crippen LogP contribution in [0.25, 0.3) is 6.08 Å². The third-order valence-corrected chi connectivity index (χ3v) is 4.85. The van der Waals surface area contributed by atoms with Gasteiger partial charge < -0.3 is 0 Å². The van der Waals surface area contributed by atoms with Crippen LogP contribution in [-0.2, 0) is 11.3 Å². The van der Waals surface area contributed by atoms with Gasteiger partial charge in [0.15, 0.2) is 5.78 Å². The molecular formula is C19H21NOS. The van der Waals surface area contributed by atoms with E-state index in [1.165, 1.54) is 5.56 Å². The van der Waals surface area contributed by atoms with E-state index in [4.69, 9.17) is 0 Å². The number of piperidine rings is 1. The Kier molecular flexibility index (Phi) is 4.27. The van der Waals surface area contributed by atoms with Crippen LogP contribution in [0.4, 0.5) is 0 Å². The van der Waals surface area contributed by atoms with Crippen LogP contribution in [-0.4, -0.2) is 23.8 Å². The lowest BCUT2D eigenvalue weighted by Crippen LogP contribution is -2.47. The van der Waals surface area contributed by atoms with Crippen molar-refractivity contribution in [1.29, 1.82) is 0 Å². The van der Waals surface area contributed by atoms with E-state index < -0.39 is 0 Å². The third kappa shape index (κ3) is 3.37. The van der Waals surface area contributed by atoms with Gasteiger partial charge in [0.1, 0.15) is 0 Å². The van der Waals surface area contributed by atoms with Crippen LogP contribution in [0.2, 0.25) is 0 Å². The van der Waals surface area contributed by atoms with Crippen LogP contribution < -0.4 is 0 Å². The number of nitrogens with zero attached hydrogens (tertiary/aromatic N) is 1. The highest BCUT2D eigenvalue weighted by atomic mass is 32.1. The summed E-state index contributed by atoms with van der Waals surface area (Å²) in [5, 5.41) is 2.05. The zero-order valence-electron chi connectivity index (χ0n) is 13.1. The van der Waals surface area contributed by atoms with E-state index in [9.17, 15) is 4.79 Å². The highest BCUT2D eigenvalue weighted by molar-refractivity contribution is 7.10. The lowest BCUT2D eigenvalue weighted by molar-refractivity contribution is -0.126. The molecule has 0 radical (unpaired) electrons. The lowest BCUT2D eigenvalue weighted by atomic mass is 9.79. The molecule has 1 aliphatic heterocycles. The second-order valence-corrected chi connectivity index (χ2v) is 7.51. The number of ketones is 1. The summed E-state index contributed by atoms with van der Waals surface area (Å²) in [7, 11) is 0. The SMILES string of the molecule is CC1(C)CN(Cc2ccccc2)C/C(=C\c2cccs2)C1=O. The molecule has 0 unspecified atom stereocenters. The smallest absolute Gasteiger partial charge is 0.167 e. The van der Waals surface area contributed by atoms with E-state index in [1.807, 2.05) is 17.5 Å². The molecule has 1 aliphatic rings. The molecule has 2 heterocycles. The first-order valence-corrected chi connectivity index (χ1v) is 8.48. The molecule has 2 aromatic rings. The van der Waals surface area contributed by atoms with Gasteiger partial charge in [-0.25, -0.2) is 0 Å². The van der Waals surface area contributed by atoms with Gasteiger partial charge >= 0.3 is 0 Å². The van der Waals surface area contributed by atoms with Gasteiger partial charge in [-0.05, 0) is 23.1 Å². The molecule has 0 spiro atoms. The predicted molar refractivity (Wildman–Crippen MR) is 92.8 cm³/mol. The van der Waals surface area contributed by atoms with Crippen LogP contribution in [0.15, 0.2) is 53.4 Å². The van der Waals surface area contributed by atoms with E-state index >= 15 is 0 Å². The van der Waals surface area contributed by atoms with Crippen molar-refractivity contribution in [2.24, 2.45) is 5.41 Å². The van der Waals surface area contributed by atoms with Gasteiger partial charge in [-0.1, -0.05) is 50.2 Å². The Balaban J connectivity index is 1.83. The van der Waals surface area contributed by atoms with Gasteiger partial charge in [-0.15, -0.1) is 11.3 Å². The van der Waals surface area contributed by atoms with E-state index in [1.54, 1.807) is 11.3 Å². The van der Waals surface area contributed by atoms with Gasteiger partial charge in [-0.3, -0.25) is 9.69 Å². The second kappa shape index (κ2) is 6.19. The minimum absolute atomic E-state index is 0.283. The lowest BCUT2D eigenvalue weighted by Gasteiger charge is -2.38. The molecule has 1 saturated heterocycles. The molecule has 2 nitrogen and oxygen atoms in total. The molecule has 114 valence electrons. The monoisotopic (exact) mass is 311 g/mol. The Morgan fingerprint density at radius 1 is 1.18 bits per heavy atom. The van der Waals surface area contributed by atoms with Crippen molar-refractivity contribution in [2.45, 2.75) is 20.4 Å². The summed E-state index contributed by atoms with van der Waals surface area (Å²) in [5.41, 5.74) is 1.90. The van der Waals surface area contributed by atoms with Crippen LogP contribution in [0.5, 0.6) is 0 Å². The van der Waals surface area contributed by atoms with Crippen molar-refractivity contribution in [3.05, 3.63) is 63.9 Å². The summed E-state index contributed by atoms with van der Waals surface area (Å²) >= 11 is 1.68. The second-order valence-electron chi connectivity index (χ2n) is 6.53. The summed E-state index contributed by atoms with van der Waals surface area (Å²) in [4.78, 5) is 16.2. The average molecular weight is 311 g/mol. The number of carbonyl (C=O) groups is 1. The molecule has 1 aromatic heterocycles. The number of likely N-dealkylation sites (tertiary alicyclic amines) is 1. The number of thiophene rings is 1. The van der Waals surface area contributed by atoms with Gasteiger partial charge in [0.05, 0.1) is 0 Å². The molecule has 0 N–H and O–H groups in total. The normalized spacial score (nSPS) is 20.5. The quantitative estimate of drug-likeness (QED) is 0.790. The van der Waals surface area contributed by atoms with Crippen LogP contribution in [0.1, 0.15) is 24.3 Å². The summed E-state index contributed by atoms with van der Waals surface area (Å²) in [6.45, 7) is 6.53. The minimum atomic E-state index is -0.323. The Morgan fingerprint density at radius 2 is 1.95 bits per heavy atom. The fraction of sp³-hybridized carbons (Fsp3) is 0.316. The maximum Gasteiger partial charge on any atom is 0.167 e. The summed E-state index contributed by atoms with van der Waals surface area (Å²) in [5.74, 6) is 0.283. The van der Waals surface area contributed by atoms with Crippen molar-refractivity contribution < 1.29 is 4.79 Å². The molecule has 0 aliphatic carbocycles. The molecule has 3 heteroatoms. The number of Topliss-reactive ketones (excluding diaryl/α,β-unsaturated/α-hetero) is 1. The fourth-order valence-corrected chi connectivity index (χ4v) is 3.73. The van der Waals surface area contributed by atoms with Gasteiger partial charge in [0.2, 0.25) is 0 Å². The molecule has 3 rings (SSSR count). The summed E-state index contributed by atoms with van der Waals surface area (Å²) in [6, 6.07) is 14.6. The molecule has 0 saturated carbocycles. The largest absolute Gasteiger partial charge is 0.294 e. The zero-order chi connectivity index (χ0) is 15.6. The Morgan fingerprint density at radius 3 is 2.64 bits per heavy atom. The van der Waals surface area contributed by atoms with Gasteiger partial charge in [-0.2, -0.15) is 0 Å². The Bertz CT molecular complexity index is 671. The standard InChI is InChI=1S/C19H21NOS/c1-19(2)14-20(12-15-7-4-3-5-8-15)13-16(18(19)21)11-17-9-6-10-22-17/h3-11H,12-14H2,1-2H3/b16-11+. The van der Waals surface area contributed by atoms with Crippen molar-refractivity contribution in [3.8, 4) is 0 Å². The third-order valence-electron chi connectivity index (χ3n) is 4.03. The molecule has 0 amide bonds. The van der Waals surface area contributed by atoms with Crippen LogP contribution in [0.3, 0.4) is 0 Å². The molecule has 0 bridgehead atoms. The van der Waals surface area contributed by atoms with Crippen LogP contribution in [0, 0.1) is 5.41 Å². The number of hydrogen-bond acceptors (Lipinski definition) is 3. The number of hydrogen-bond donors (Lipinski definition) is 0. The molecular weight excluding hydrogens is 290 g/mol. The molecule has 1 aromatic carbocycles. The first kappa shape index (κ1) is 15.2. The van der Waals surface area contributed by atoms with E-state index in [-0.39, 0.29) is 11.2 Å². The highest BCUT2D eigenvalue weighted by Crippen LogP contribution is 2.31. The molecule has 22 heavy (non-hydrogen) atoms. The first-order valence-electron chi connectivity index (χ1n) is 7.60. The van der Waals surface area contributed by atoms with E-state index in [2.05, 4.69) is 55.2 Å². The summed E-state index contributed by atoms with van der Waals surface area (Å²) < 4.78 is 0. The van der Waals surface area contributed by atoms with Crippen molar-refractivity contribution >= 4 is 23.2 Å². The number of carbonyl (C=O) groups excluding carboxylic acids is 1. The Hall–Kier alpha value is -1.71. The summed E-state index contributed by atoms with van der Waals surface area (Å²) in [6.07, 6.45) is 2.06. The number of benzene rings is 1. The maximum atomic E-state index is 12.7. The number of rotatable bonds is 3. The van der Waals surface area contributed by atoms with Gasteiger partial charge in [0, 0.05) is 35.5 Å². The van der Waals surface area contributed by atoms with Crippen molar-refractivity contribution in [2.75, 3.05) is 13.1 Å². The highest BCUT2D eigenvalue weighted by Gasteiger charge is 2.37. The van der Waals surface area contributed by atoms with Crippen LogP contribution >= 0.6 is 11.3 Å². The maximum absolute atomic E-state index is 12.7. The van der Waals surface area contributed by atoms with E-state index in [0.717, 1.165) is 30.1 Å².